The van der Waals surface area contributed by atoms with Crippen LogP contribution in [0.3, 0.4) is 0 Å². The average molecular weight is 537 g/mol. The smallest absolute Gasteiger partial charge is 0.256 e. The number of halogens is 2. The van der Waals surface area contributed by atoms with Crippen LogP contribution in [0.25, 0.3) is 0 Å². The Morgan fingerprint density at radius 1 is 0.795 bits per heavy atom. The monoisotopic (exact) mass is 536 g/mol. The summed E-state index contributed by atoms with van der Waals surface area (Å²) in [6.45, 7) is 0.414. The van der Waals surface area contributed by atoms with Gasteiger partial charge in [-0.2, -0.15) is 0 Å². The fourth-order valence-corrected chi connectivity index (χ4v) is 3.43. The molecule has 2 aromatic carbocycles. The molecular weight excluding hydrogens is 510 g/mol. The molecule has 4 rings (SSSR count). The van der Waals surface area contributed by atoms with E-state index in [9.17, 15) is 28.0 Å². The molecule has 2 heterocycles. The lowest BCUT2D eigenvalue weighted by atomic mass is 10.1. The molecule has 2 amide bonds. The minimum atomic E-state index is -0.617. The van der Waals surface area contributed by atoms with Crippen LogP contribution in [0.1, 0.15) is 31.8 Å². The molecule has 0 aliphatic rings. The molecule has 1 N–H and O–H groups in total. The van der Waals surface area contributed by atoms with Crippen LogP contribution in [0.2, 0.25) is 0 Å². The van der Waals surface area contributed by atoms with Gasteiger partial charge in [-0.05, 0) is 35.4 Å². The molecule has 10 nitrogen and oxygen atoms in total. The molecule has 0 spiro atoms. The van der Waals surface area contributed by atoms with E-state index in [1.54, 1.807) is 26.2 Å². The van der Waals surface area contributed by atoms with Crippen LogP contribution in [-0.2, 0) is 13.1 Å². The van der Waals surface area contributed by atoms with Gasteiger partial charge >= 0.3 is 0 Å². The maximum absolute atomic E-state index is 13.9. The van der Waals surface area contributed by atoms with E-state index in [0.29, 0.717) is 11.1 Å². The summed E-state index contributed by atoms with van der Waals surface area (Å²) in [6, 6.07) is 11.2. The zero-order chi connectivity index (χ0) is 28.5. The van der Waals surface area contributed by atoms with E-state index in [2.05, 4.69) is 15.3 Å². The molecule has 2 aromatic heterocycles. The second-order valence-corrected chi connectivity index (χ2v) is 8.50. The third-order valence-corrected chi connectivity index (χ3v) is 5.47. The first kappa shape index (κ1) is 28.6. The lowest BCUT2D eigenvalue weighted by Gasteiger charge is -2.12. The second-order valence-electron chi connectivity index (χ2n) is 8.50. The topological polar surface area (TPSA) is 119 Å². The molecule has 0 unspecified atom stereocenters. The first-order chi connectivity index (χ1) is 18.6. The summed E-state index contributed by atoms with van der Waals surface area (Å²) >= 11 is 0. The summed E-state index contributed by atoms with van der Waals surface area (Å²) in [5.41, 5.74) is 0.731. The largest absolute Gasteiger partial charge is 0.355 e. The van der Waals surface area contributed by atoms with E-state index in [1.165, 1.54) is 82.5 Å². The maximum Gasteiger partial charge on any atom is 0.256 e. The van der Waals surface area contributed by atoms with E-state index >= 15 is 0 Å². The van der Waals surface area contributed by atoms with E-state index in [0.717, 1.165) is 0 Å². The number of rotatable bonds is 6. The van der Waals surface area contributed by atoms with Gasteiger partial charge in [0.1, 0.15) is 11.6 Å². The number of benzene rings is 2. The lowest BCUT2D eigenvalue weighted by Crippen LogP contribution is -2.23. The van der Waals surface area contributed by atoms with Gasteiger partial charge < -0.3 is 10.2 Å². The SMILES string of the molecule is CN(C)C(=O)c1ccc(Cn2cnccc2=O)cc1F.CNC(=O)c1ccc(Cn2cnccc2=O)cc1F. The third kappa shape index (κ3) is 7.51. The quantitative estimate of drug-likeness (QED) is 0.402. The van der Waals surface area contributed by atoms with Crippen LogP contribution in [0.4, 0.5) is 8.78 Å². The summed E-state index contributed by atoms with van der Waals surface area (Å²) < 4.78 is 30.4. The van der Waals surface area contributed by atoms with Crippen molar-refractivity contribution in [3.63, 3.8) is 0 Å². The predicted octanol–water partition coefficient (Wildman–Crippen LogP) is 1.92. The van der Waals surface area contributed by atoms with Gasteiger partial charge in [0.2, 0.25) is 0 Å². The summed E-state index contributed by atoms with van der Waals surface area (Å²) in [4.78, 5) is 55.1. The molecule has 0 aliphatic heterocycles. The van der Waals surface area contributed by atoms with Gasteiger partial charge in [-0.15, -0.1) is 0 Å². The maximum atomic E-state index is 13.9. The highest BCUT2D eigenvalue weighted by Gasteiger charge is 2.14. The van der Waals surface area contributed by atoms with Gasteiger partial charge in [0.15, 0.2) is 0 Å². The molecule has 0 bridgehead atoms. The molecule has 0 radical (unpaired) electrons. The lowest BCUT2D eigenvalue weighted by molar-refractivity contribution is 0.0822. The van der Waals surface area contributed by atoms with Gasteiger partial charge in [-0.25, -0.2) is 18.7 Å². The molecule has 0 aliphatic carbocycles. The van der Waals surface area contributed by atoms with Crippen LogP contribution < -0.4 is 16.4 Å². The number of aromatic nitrogens is 4. The minimum absolute atomic E-state index is 0.0114. The van der Waals surface area contributed by atoms with E-state index in [-0.39, 0.29) is 35.3 Å². The van der Waals surface area contributed by atoms with Gasteiger partial charge in [-0.3, -0.25) is 28.3 Å². The van der Waals surface area contributed by atoms with Crippen LogP contribution in [0, 0.1) is 11.6 Å². The standard InChI is InChI=1S/C14H14FN3O2.C13H12FN3O2/c1-17(2)14(20)11-4-3-10(7-12(11)15)8-18-9-16-6-5-13(18)19;1-15-13(19)10-3-2-9(6-11(10)14)7-17-8-16-5-4-12(17)18/h3-7,9H,8H2,1-2H3;2-6,8H,7H2,1H3,(H,15,19). The van der Waals surface area contributed by atoms with Crippen molar-refractivity contribution in [2.45, 2.75) is 13.1 Å². The van der Waals surface area contributed by atoms with Crippen molar-refractivity contribution < 1.29 is 18.4 Å². The van der Waals surface area contributed by atoms with Crippen molar-refractivity contribution in [1.82, 2.24) is 29.3 Å². The fraction of sp³-hybridized carbons (Fsp3) is 0.185. The Kier molecular flexibility index (Phi) is 9.52. The number of nitrogens with zero attached hydrogens (tertiary/aromatic N) is 5. The molecule has 0 atom stereocenters. The number of carbonyl (C=O) groups excluding carboxylic acids is 2. The van der Waals surface area contributed by atoms with Gasteiger partial charge in [0.25, 0.3) is 22.9 Å². The number of hydrogen-bond acceptors (Lipinski definition) is 6. The number of nitrogens with one attached hydrogen (secondary N) is 1. The van der Waals surface area contributed by atoms with Gasteiger partial charge in [-0.1, -0.05) is 12.1 Å². The molecule has 0 fully saturated rings. The van der Waals surface area contributed by atoms with Crippen molar-refractivity contribution in [3.05, 3.63) is 128 Å². The Balaban J connectivity index is 0.000000216. The summed E-state index contributed by atoms with van der Waals surface area (Å²) in [5, 5.41) is 2.36. The average Bonchev–Trinajstić information content (AvgIpc) is 2.91. The van der Waals surface area contributed by atoms with E-state index in [4.69, 9.17) is 0 Å². The molecule has 202 valence electrons. The van der Waals surface area contributed by atoms with Crippen LogP contribution in [-0.4, -0.2) is 57.0 Å². The van der Waals surface area contributed by atoms with Gasteiger partial charge in [0, 0.05) is 45.7 Å². The number of hydrogen-bond donors (Lipinski definition) is 1. The summed E-state index contributed by atoms with van der Waals surface area (Å²) in [5.74, 6) is -2.10. The van der Waals surface area contributed by atoms with Crippen LogP contribution in [0.15, 0.2) is 83.2 Å². The molecule has 0 saturated heterocycles. The van der Waals surface area contributed by atoms with Crippen molar-refractivity contribution >= 4 is 11.8 Å². The normalized spacial score (nSPS) is 10.3. The van der Waals surface area contributed by atoms with Crippen molar-refractivity contribution in [1.29, 1.82) is 0 Å². The molecule has 0 saturated carbocycles. The van der Waals surface area contributed by atoms with Crippen molar-refractivity contribution in [2.75, 3.05) is 21.1 Å². The van der Waals surface area contributed by atoms with Gasteiger partial charge in [0.05, 0.1) is 36.9 Å². The predicted molar refractivity (Wildman–Crippen MR) is 139 cm³/mol. The Labute approximate surface area is 222 Å². The first-order valence-corrected chi connectivity index (χ1v) is 11.6. The summed E-state index contributed by atoms with van der Waals surface area (Å²) in [7, 11) is 4.56. The fourth-order valence-electron chi connectivity index (χ4n) is 3.43. The van der Waals surface area contributed by atoms with Crippen LogP contribution in [0.5, 0.6) is 0 Å². The Morgan fingerprint density at radius 2 is 1.26 bits per heavy atom. The first-order valence-electron chi connectivity index (χ1n) is 11.6. The highest BCUT2D eigenvalue weighted by molar-refractivity contribution is 5.94. The molecule has 39 heavy (non-hydrogen) atoms. The molecular formula is C27H26F2N6O4. The summed E-state index contributed by atoms with van der Waals surface area (Å²) in [6.07, 6.45) is 5.57. The van der Waals surface area contributed by atoms with Crippen molar-refractivity contribution in [2.24, 2.45) is 0 Å². The van der Waals surface area contributed by atoms with Crippen molar-refractivity contribution in [3.8, 4) is 0 Å². The number of carbonyl (C=O) groups is 2. The third-order valence-electron chi connectivity index (χ3n) is 5.47. The molecule has 12 heteroatoms. The zero-order valence-electron chi connectivity index (χ0n) is 21.5. The number of amides is 2. The molecule has 4 aromatic rings. The minimum Gasteiger partial charge on any atom is -0.355 e. The van der Waals surface area contributed by atoms with Crippen LogP contribution >= 0.6 is 0 Å². The Bertz CT molecular complexity index is 1600. The van der Waals surface area contributed by atoms with E-state index < -0.39 is 23.4 Å². The highest BCUT2D eigenvalue weighted by Crippen LogP contribution is 2.13. The van der Waals surface area contributed by atoms with E-state index in [1.807, 2.05) is 0 Å². The second kappa shape index (κ2) is 13.0. The highest BCUT2D eigenvalue weighted by atomic mass is 19.1. The Hall–Kier alpha value is -5.00. The Morgan fingerprint density at radius 3 is 1.64 bits per heavy atom. The zero-order valence-corrected chi connectivity index (χ0v) is 21.5.